The summed E-state index contributed by atoms with van der Waals surface area (Å²) < 4.78 is 35.6. The van der Waals surface area contributed by atoms with Gasteiger partial charge in [-0.1, -0.05) is 0 Å². The minimum atomic E-state index is -0.809. The monoisotopic (exact) mass is 217 g/mol. The normalized spacial score (nSPS) is 10.3. The molecular formula is C10H13F2NO2. The maximum absolute atomic E-state index is 12.9. The van der Waals surface area contributed by atoms with Gasteiger partial charge in [-0.15, -0.1) is 0 Å². The molecule has 0 saturated heterocycles. The molecule has 84 valence electrons. The highest BCUT2D eigenvalue weighted by molar-refractivity contribution is 5.53. The zero-order valence-electron chi connectivity index (χ0n) is 8.43. The third-order valence-electron chi connectivity index (χ3n) is 1.81. The Bertz CT molecular complexity index is 331. The molecule has 2 N–H and O–H groups in total. The van der Waals surface area contributed by atoms with Gasteiger partial charge in [-0.05, 0) is 0 Å². The Labute approximate surface area is 86.8 Å². The lowest BCUT2D eigenvalue weighted by Gasteiger charge is -2.09. The molecule has 0 aliphatic rings. The molecule has 1 rings (SSSR count). The number of anilines is 1. The molecule has 0 amide bonds. The van der Waals surface area contributed by atoms with Gasteiger partial charge in [-0.25, -0.2) is 8.78 Å². The van der Waals surface area contributed by atoms with Crippen LogP contribution in [-0.4, -0.2) is 20.3 Å². The number of nitrogens with two attached hydrogens (primary N) is 1. The highest BCUT2D eigenvalue weighted by Crippen LogP contribution is 2.25. The van der Waals surface area contributed by atoms with Crippen LogP contribution in [0.1, 0.15) is 6.42 Å². The van der Waals surface area contributed by atoms with E-state index in [2.05, 4.69) is 0 Å². The molecule has 1 aromatic rings. The van der Waals surface area contributed by atoms with Crippen LogP contribution in [-0.2, 0) is 4.74 Å². The zero-order valence-corrected chi connectivity index (χ0v) is 8.43. The Morgan fingerprint density at radius 1 is 1.27 bits per heavy atom. The first kappa shape index (κ1) is 11.7. The molecule has 0 aliphatic carbocycles. The maximum Gasteiger partial charge on any atom is 0.152 e. The van der Waals surface area contributed by atoms with Crippen LogP contribution in [0.5, 0.6) is 5.75 Å². The number of rotatable bonds is 5. The number of nitrogen functional groups attached to an aromatic ring is 1. The summed E-state index contributed by atoms with van der Waals surface area (Å²) >= 11 is 0. The fourth-order valence-electron chi connectivity index (χ4n) is 1.07. The smallest absolute Gasteiger partial charge is 0.152 e. The lowest BCUT2D eigenvalue weighted by Crippen LogP contribution is -2.04. The Hall–Kier alpha value is -1.36. The van der Waals surface area contributed by atoms with Gasteiger partial charge >= 0.3 is 0 Å². The molecule has 0 atom stereocenters. The van der Waals surface area contributed by atoms with Crippen molar-refractivity contribution in [2.75, 3.05) is 26.1 Å². The average Bonchev–Trinajstić information content (AvgIpc) is 2.19. The Morgan fingerprint density at radius 2 is 2.00 bits per heavy atom. The number of hydrogen-bond donors (Lipinski definition) is 1. The van der Waals surface area contributed by atoms with Gasteiger partial charge in [0, 0.05) is 32.3 Å². The fraction of sp³-hybridized carbons (Fsp3) is 0.400. The van der Waals surface area contributed by atoms with Crippen LogP contribution >= 0.6 is 0 Å². The molecule has 0 heterocycles. The molecule has 15 heavy (non-hydrogen) atoms. The van der Waals surface area contributed by atoms with Crippen molar-refractivity contribution in [2.24, 2.45) is 0 Å². The number of benzene rings is 1. The first-order valence-corrected chi connectivity index (χ1v) is 4.51. The molecule has 0 spiro atoms. The van der Waals surface area contributed by atoms with Crippen LogP contribution in [0.25, 0.3) is 0 Å². The standard InChI is InChI=1S/C10H13F2NO2/c1-14-3-2-4-15-9-6-7(11)5-8(12)10(9)13/h5-6H,2-4,13H2,1H3. The fourth-order valence-corrected chi connectivity index (χ4v) is 1.07. The summed E-state index contributed by atoms with van der Waals surface area (Å²) in [6.45, 7) is 0.832. The van der Waals surface area contributed by atoms with Gasteiger partial charge in [-0.2, -0.15) is 0 Å². The van der Waals surface area contributed by atoms with Crippen LogP contribution < -0.4 is 10.5 Å². The predicted molar refractivity (Wildman–Crippen MR) is 52.8 cm³/mol. The minimum Gasteiger partial charge on any atom is -0.491 e. The van der Waals surface area contributed by atoms with E-state index in [9.17, 15) is 8.78 Å². The largest absolute Gasteiger partial charge is 0.491 e. The molecule has 0 aromatic heterocycles. The second-order valence-electron chi connectivity index (χ2n) is 2.99. The van der Waals surface area contributed by atoms with Crippen LogP contribution in [0, 0.1) is 11.6 Å². The molecule has 0 radical (unpaired) electrons. The van der Waals surface area contributed by atoms with E-state index in [-0.39, 0.29) is 11.4 Å². The zero-order chi connectivity index (χ0) is 11.3. The second-order valence-corrected chi connectivity index (χ2v) is 2.99. The average molecular weight is 217 g/mol. The van der Waals surface area contributed by atoms with E-state index >= 15 is 0 Å². The van der Waals surface area contributed by atoms with Gasteiger partial charge in [0.2, 0.25) is 0 Å². The third kappa shape index (κ3) is 3.36. The van der Waals surface area contributed by atoms with Crippen molar-refractivity contribution in [3.8, 4) is 5.75 Å². The SMILES string of the molecule is COCCCOc1cc(F)cc(F)c1N. The first-order chi connectivity index (χ1) is 7.15. The second kappa shape index (κ2) is 5.50. The molecule has 0 fully saturated rings. The summed E-state index contributed by atoms with van der Waals surface area (Å²) in [7, 11) is 1.57. The van der Waals surface area contributed by atoms with Gasteiger partial charge in [0.1, 0.15) is 17.3 Å². The minimum absolute atomic E-state index is 0.0311. The number of methoxy groups -OCH3 is 1. The van der Waals surface area contributed by atoms with Crippen molar-refractivity contribution in [2.45, 2.75) is 6.42 Å². The Morgan fingerprint density at radius 3 is 2.67 bits per heavy atom. The van der Waals surface area contributed by atoms with Crippen molar-refractivity contribution < 1.29 is 18.3 Å². The van der Waals surface area contributed by atoms with Gasteiger partial charge in [0.05, 0.1) is 6.61 Å². The summed E-state index contributed by atoms with van der Waals surface area (Å²) in [5, 5.41) is 0. The van der Waals surface area contributed by atoms with E-state index in [1.54, 1.807) is 7.11 Å². The first-order valence-electron chi connectivity index (χ1n) is 4.51. The van der Waals surface area contributed by atoms with Crippen molar-refractivity contribution in [3.63, 3.8) is 0 Å². The van der Waals surface area contributed by atoms with E-state index in [4.69, 9.17) is 15.2 Å². The van der Waals surface area contributed by atoms with E-state index < -0.39 is 11.6 Å². The number of hydrogen-bond acceptors (Lipinski definition) is 3. The Kier molecular flexibility index (Phi) is 4.30. The summed E-state index contributed by atoms with van der Waals surface area (Å²) in [5.74, 6) is -1.48. The molecule has 1 aromatic carbocycles. The van der Waals surface area contributed by atoms with Crippen molar-refractivity contribution >= 4 is 5.69 Å². The maximum atomic E-state index is 12.9. The molecule has 0 saturated carbocycles. The predicted octanol–water partition coefficient (Wildman–Crippen LogP) is 1.96. The van der Waals surface area contributed by atoms with Crippen molar-refractivity contribution in [1.29, 1.82) is 0 Å². The van der Waals surface area contributed by atoms with Crippen molar-refractivity contribution in [3.05, 3.63) is 23.8 Å². The highest BCUT2D eigenvalue weighted by atomic mass is 19.1. The van der Waals surface area contributed by atoms with Crippen LogP contribution in [0.15, 0.2) is 12.1 Å². The molecule has 3 nitrogen and oxygen atoms in total. The lowest BCUT2D eigenvalue weighted by atomic mass is 10.3. The molecule has 0 bridgehead atoms. The summed E-state index contributed by atoms with van der Waals surface area (Å²) in [6.07, 6.45) is 0.633. The quantitative estimate of drug-likeness (QED) is 0.605. The van der Waals surface area contributed by atoms with E-state index in [0.29, 0.717) is 19.6 Å². The summed E-state index contributed by atoms with van der Waals surface area (Å²) in [6, 6.07) is 1.78. The van der Waals surface area contributed by atoms with Crippen molar-refractivity contribution in [1.82, 2.24) is 0 Å². The summed E-state index contributed by atoms with van der Waals surface area (Å²) in [5.41, 5.74) is 5.20. The third-order valence-corrected chi connectivity index (χ3v) is 1.81. The lowest BCUT2D eigenvalue weighted by molar-refractivity contribution is 0.172. The molecule has 5 heteroatoms. The summed E-state index contributed by atoms with van der Waals surface area (Å²) in [4.78, 5) is 0. The molecule has 0 aliphatic heterocycles. The number of halogens is 2. The number of ether oxygens (including phenoxy) is 2. The van der Waals surface area contributed by atoms with Crippen LogP contribution in [0.4, 0.5) is 14.5 Å². The van der Waals surface area contributed by atoms with E-state index in [0.717, 1.165) is 12.1 Å². The molecular weight excluding hydrogens is 204 g/mol. The topological polar surface area (TPSA) is 44.5 Å². The van der Waals surface area contributed by atoms with Crippen LogP contribution in [0.3, 0.4) is 0 Å². The van der Waals surface area contributed by atoms with Gasteiger partial charge < -0.3 is 15.2 Å². The van der Waals surface area contributed by atoms with Gasteiger partial charge in [0.25, 0.3) is 0 Å². The Balaban J connectivity index is 2.60. The van der Waals surface area contributed by atoms with Gasteiger partial charge in [0.15, 0.2) is 5.82 Å². The van der Waals surface area contributed by atoms with E-state index in [1.165, 1.54) is 0 Å². The molecule has 0 unspecified atom stereocenters. The van der Waals surface area contributed by atoms with Crippen LogP contribution in [0.2, 0.25) is 0 Å². The highest BCUT2D eigenvalue weighted by Gasteiger charge is 2.08. The van der Waals surface area contributed by atoms with E-state index in [1.807, 2.05) is 0 Å². The van der Waals surface area contributed by atoms with Gasteiger partial charge in [-0.3, -0.25) is 0 Å².